The molecule has 1 amide bonds. The molecule has 0 saturated heterocycles. The van der Waals surface area contributed by atoms with Crippen molar-refractivity contribution in [1.29, 1.82) is 0 Å². The Bertz CT molecular complexity index is 1230. The molecular weight excluding hydrogens is 512 g/mol. The molecule has 0 bridgehead atoms. The lowest BCUT2D eigenvalue weighted by Gasteiger charge is -2.22. The van der Waals surface area contributed by atoms with Gasteiger partial charge in [0.15, 0.2) is 0 Å². The summed E-state index contributed by atoms with van der Waals surface area (Å²) in [6.45, 7) is 10.1. The maximum Gasteiger partial charge on any atom is 0.408 e. The number of aromatic nitrogens is 1. The predicted octanol–water partition coefficient (Wildman–Crippen LogP) is 7.66. The normalized spacial score (nSPS) is 12.1. The zero-order valence-corrected chi connectivity index (χ0v) is 24.4. The van der Waals surface area contributed by atoms with Crippen molar-refractivity contribution < 1.29 is 24.2 Å². The van der Waals surface area contributed by atoms with Crippen LogP contribution in [0.5, 0.6) is 5.75 Å². The van der Waals surface area contributed by atoms with E-state index in [2.05, 4.69) is 12.2 Å². The number of thiazole rings is 1. The fraction of sp³-hybridized carbons (Fsp3) is 0.452. The van der Waals surface area contributed by atoms with Gasteiger partial charge in [0.25, 0.3) is 0 Å². The van der Waals surface area contributed by atoms with Crippen molar-refractivity contribution in [3.8, 4) is 27.6 Å². The number of nitrogens with zero attached hydrogens (tertiary/aromatic N) is 1. The third-order valence-corrected chi connectivity index (χ3v) is 7.01. The van der Waals surface area contributed by atoms with E-state index in [0.717, 1.165) is 51.7 Å². The van der Waals surface area contributed by atoms with Crippen molar-refractivity contribution in [3.63, 3.8) is 0 Å². The Morgan fingerprint density at radius 2 is 1.77 bits per heavy atom. The smallest absolute Gasteiger partial charge is 0.408 e. The van der Waals surface area contributed by atoms with E-state index in [1.807, 2.05) is 54.8 Å². The second-order valence-electron chi connectivity index (χ2n) is 10.7. The SMILES string of the molecule is CCCCCCCOc1ccc(-c2nc(-c3ccc(CC(NC(=O)OC(C)(C)C)C(=O)O)cc3C)cs2)cc1. The lowest BCUT2D eigenvalue weighted by atomic mass is 9.99. The number of ether oxygens (including phenoxy) is 2. The van der Waals surface area contributed by atoms with Gasteiger partial charge in [-0.2, -0.15) is 0 Å². The summed E-state index contributed by atoms with van der Waals surface area (Å²) in [5, 5.41) is 15.0. The number of benzene rings is 2. The number of hydrogen-bond acceptors (Lipinski definition) is 6. The molecule has 8 heteroatoms. The van der Waals surface area contributed by atoms with E-state index in [9.17, 15) is 14.7 Å². The zero-order valence-electron chi connectivity index (χ0n) is 23.6. The first-order chi connectivity index (χ1) is 18.6. The summed E-state index contributed by atoms with van der Waals surface area (Å²) < 4.78 is 11.1. The number of aryl methyl sites for hydroxylation is 1. The van der Waals surface area contributed by atoms with Gasteiger partial charge in [-0.25, -0.2) is 14.6 Å². The standard InChI is InChI=1S/C31H40N2O5S/c1-6-7-8-9-10-17-37-24-14-12-23(13-15-24)28-32-27(20-39-28)25-16-11-22(18-21(25)2)19-26(29(34)35)33-30(36)38-31(3,4)5/h11-16,18,20,26H,6-10,17,19H2,1-5H3,(H,33,36)(H,34,35). The summed E-state index contributed by atoms with van der Waals surface area (Å²) in [5.41, 5.74) is 3.96. The Balaban J connectivity index is 1.62. The first kappa shape index (κ1) is 30.2. The minimum atomic E-state index is -1.12. The van der Waals surface area contributed by atoms with Crippen LogP contribution in [0.15, 0.2) is 47.8 Å². The van der Waals surface area contributed by atoms with Gasteiger partial charge in [-0.15, -0.1) is 11.3 Å². The van der Waals surface area contributed by atoms with E-state index in [1.54, 1.807) is 32.1 Å². The Morgan fingerprint density at radius 1 is 1.05 bits per heavy atom. The molecule has 1 atom stereocenters. The van der Waals surface area contributed by atoms with Crippen molar-refractivity contribution in [2.24, 2.45) is 0 Å². The molecule has 1 unspecified atom stereocenters. The number of carbonyl (C=O) groups is 2. The molecule has 2 N–H and O–H groups in total. The molecule has 0 fully saturated rings. The molecule has 0 spiro atoms. The van der Waals surface area contributed by atoms with Gasteiger partial charge < -0.3 is 19.9 Å². The van der Waals surface area contributed by atoms with Crippen LogP contribution in [0.25, 0.3) is 21.8 Å². The van der Waals surface area contributed by atoms with E-state index in [-0.39, 0.29) is 6.42 Å². The van der Waals surface area contributed by atoms with Crippen LogP contribution in [0.3, 0.4) is 0 Å². The number of aliphatic carboxylic acids is 1. The van der Waals surface area contributed by atoms with Crippen LogP contribution >= 0.6 is 11.3 Å². The van der Waals surface area contributed by atoms with Crippen LogP contribution in [0, 0.1) is 6.92 Å². The van der Waals surface area contributed by atoms with E-state index < -0.39 is 23.7 Å². The molecule has 39 heavy (non-hydrogen) atoms. The van der Waals surface area contributed by atoms with Gasteiger partial charge in [-0.05, 0) is 69.5 Å². The van der Waals surface area contributed by atoms with Crippen LogP contribution in [0.2, 0.25) is 0 Å². The topological polar surface area (TPSA) is 97.8 Å². The van der Waals surface area contributed by atoms with Crippen LogP contribution in [-0.4, -0.2) is 40.4 Å². The van der Waals surface area contributed by atoms with Gasteiger partial charge in [-0.3, -0.25) is 0 Å². The van der Waals surface area contributed by atoms with Crippen LogP contribution in [-0.2, 0) is 16.0 Å². The van der Waals surface area contributed by atoms with Gasteiger partial charge in [0.2, 0.25) is 0 Å². The van der Waals surface area contributed by atoms with Gasteiger partial charge in [0, 0.05) is 22.9 Å². The van der Waals surface area contributed by atoms with Gasteiger partial charge in [-0.1, -0.05) is 50.8 Å². The predicted molar refractivity (Wildman–Crippen MR) is 156 cm³/mol. The monoisotopic (exact) mass is 552 g/mol. The molecule has 3 rings (SSSR count). The quantitative estimate of drug-likeness (QED) is 0.211. The van der Waals surface area contributed by atoms with E-state index >= 15 is 0 Å². The fourth-order valence-electron chi connectivity index (χ4n) is 4.15. The molecule has 0 aliphatic carbocycles. The first-order valence-corrected chi connectivity index (χ1v) is 14.4. The Labute approximate surface area is 235 Å². The minimum absolute atomic E-state index is 0.144. The average molecular weight is 553 g/mol. The molecule has 0 radical (unpaired) electrons. The van der Waals surface area contributed by atoms with E-state index in [0.29, 0.717) is 0 Å². The number of alkyl carbamates (subject to hydrolysis) is 1. The van der Waals surface area contributed by atoms with Gasteiger partial charge >= 0.3 is 12.1 Å². The third-order valence-electron chi connectivity index (χ3n) is 6.12. The molecule has 2 aromatic carbocycles. The zero-order chi connectivity index (χ0) is 28.4. The molecule has 1 aromatic heterocycles. The number of carboxylic acids is 1. The maximum absolute atomic E-state index is 12.1. The number of carboxylic acid groups (broad SMARTS) is 1. The molecule has 7 nitrogen and oxygen atoms in total. The lowest BCUT2D eigenvalue weighted by Crippen LogP contribution is -2.44. The molecule has 3 aromatic rings. The van der Waals surface area contributed by atoms with Crippen molar-refractivity contribution in [1.82, 2.24) is 10.3 Å². The number of carbonyl (C=O) groups excluding carboxylic acids is 1. The molecule has 0 aliphatic heterocycles. The summed E-state index contributed by atoms with van der Waals surface area (Å²) in [6, 6.07) is 12.7. The highest BCUT2D eigenvalue weighted by Gasteiger charge is 2.24. The number of hydrogen-bond donors (Lipinski definition) is 2. The van der Waals surface area contributed by atoms with Crippen LogP contribution in [0.1, 0.15) is 70.9 Å². The fourth-order valence-corrected chi connectivity index (χ4v) is 4.97. The Morgan fingerprint density at radius 3 is 2.41 bits per heavy atom. The highest BCUT2D eigenvalue weighted by atomic mass is 32.1. The van der Waals surface area contributed by atoms with Crippen molar-refractivity contribution in [2.75, 3.05) is 6.61 Å². The summed E-state index contributed by atoms with van der Waals surface area (Å²) in [5.74, 6) is -0.242. The van der Waals surface area contributed by atoms with Gasteiger partial charge in [0.05, 0.1) is 12.3 Å². The van der Waals surface area contributed by atoms with Crippen LogP contribution < -0.4 is 10.1 Å². The highest BCUT2D eigenvalue weighted by Crippen LogP contribution is 2.32. The molecule has 210 valence electrons. The number of amides is 1. The van der Waals surface area contributed by atoms with Crippen molar-refractivity contribution >= 4 is 23.4 Å². The second kappa shape index (κ2) is 14.1. The second-order valence-corrected chi connectivity index (χ2v) is 11.6. The van der Waals surface area contributed by atoms with Crippen molar-refractivity contribution in [3.05, 3.63) is 59.0 Å². The lowest BCUT2D eigenvalue weighted by molar-refractivity contribution is -0.139. The molecule has 0 saturated carbocycles. The minimum Gasteiger partial charge on any atom is -0.494 e. The molecule has 0 aliphatic rings. The Kier molecular flexibility index (Phi) is 10.9. The number of rotatable bonds is 13. The first-order valence-electron chi connectivity index (χ1n) is 13.6. The van der Waals surface area contributed by atoms with E-state index in [4.69, 9.17) is 14.5 Å². The van der Waals surface area contributed by atoms with Crippen LogP contribution in [0.4, 0.5) is 4.79 Å². The van der Waals surface area contributed by atoms with Crippen molar-refractivity contribution in [2.45, 2.75) is 84.8 Å². The summed E-state index contributed by atoms with van der Waals surface area (Å²) >= 11 is 1.58. The third kappa shape index (κ3) is 9.70. The maximum atomic E-state index is 12.1. The van der Waals surface area contributed by atoms with Gasteiger partial charge in [0.1, 0.15) is 22.4 Å². The number of unbranched alkanes of at least 4 members (excludes halogenated alkanes) is 4. The molecular formula is C31H40N2O5S. The Hall–Kier alpha value is -3.39. The summed E-state index contributed by atoms with van der Waals surface area (Å²) in [7, 11) is 0. The average Bonchev–Trinajstić information content (AvgIpc) is 3.35. The summed E-state index contributed by atoms with van der Waals surface area (Å²) in [6.07, 6.45) is 5.47. The number of nitrogens with one attached hydrogen (secondary N) is 1. The summed E-state index contributed by atoms with van der Waals surface area (Å²) in [4.78, 5) is 28.7. The molecule has 1 heterocycles. The largest absolute Gasteiger partial charge is 0.494 e. The van der Waals surface area contributed by atoms with E-state index in [1.165, 1.54) is 25.7 Å². The highest BCUT2D eigenvalue weighted by molar-refractivity contribution is 7.13.